The molecule has 3 heterocycles. The van der Waals surface area contributed by atoms with E-state index in [1.54, 1.807) is 29.8 Å². The number of piperidine rings is 1. The second-order valence-electron chi connectivity index (χ2n) is 8.69. The molecule has 1 fully saturated rings. The number of ether oxygens (including phenoxy) is 1. The van der Waals surface area contributed by atoms with E-state index in [9.17, 15) is 10.1 Å². The summed E-state index contributed by atoms with van der Waals surface area (Å²) in [4.78, 5) is 19.2. The third-order valence-corrected chi connectivity index (χ3v) is 6.18. The van der Waals surface area contributed by atoms with Gasteiger partial charge in [0.05, 0.1) is 11.2 Å². The van der Waals surface area contributed by atoms with Crippen molar-refractivity contribution in [2.24, 2.45) is 13.0 Å². The molecule has 0 saturated carbocycles. The molecule has 6 nitrogen and oxygen atoms in total. The van der Waals surface area contributed by atoms with Crippen molar-refractivity contribution in [2.75, 3.05) is 18.0 Å². The fraction of sp³-hybridized carbons (Fsp3) is 0.400. The summed E-state index contributed by atoms with van der Waals surface area (Å²) in [5.74, 6) is 1.67. The van der Waals surface area contributed by atoms with Gasteiger partial charge in [0.25, 0.3) is 5.56 Å². The lowest BCUT2D eigenvalue weighted by Crippen LogP contribution is -2.45. The molecule has 6 heteroatoms. The number of hydrogen-bond donors (Lipinski definition) is 0. The van der Waals surface area contributed by atoms with Crippen LogP contribution in [0.2, 0.25) is 0 Å². The molecule has 4 rings (SSSR count). The van der Waals surface area contributed by atoms with Crippen LogP contribution in [0.5, 0.6) is 5.75 Å². The van der Waals surface area contributed by atoms with Crippen molar-refractivity contribution in [1.29, 1.82) is 5.26 Å². The zero-order valence-electron chi connectivity index (χ0n) is 18.5. The average molecular weight is 417 g/mol. The fourth-order valence-electron chi connectivity index (χ4n) is 4.24. The maximum atomic E-state index is 12.5. The lowest BCUT2D eigenvalue weighted by Gasteiger charge is -2.38. The number of aryl methyl sites for hydroxylation is 1. The number of aromatic nitrogens is 2. The van der Waals surface area contributed by atoms with E-state index in [4.69, 9.17) is 4.74 Å². The number of anilines is 1. The van der Waals surface area contributed by atoms with E-state index >= 15 is 0 Å². The molecular formula is C25H28N4O2. The van der Waals surface area contributed by atoms with Gasteiger partial charge in [-0.1, -0.05) is 32.9 Å². The van der Waals surface area contributed by atoms with Crippen LogP contribution in [-0.4, -0.2) is 28.7 Å². The summed E-state index contributed by atoms with van der Waals surface area (Å²) < 4.78 is 7.88. The van der Waals surface area contributed by atoms with Gasteiger partial charge in [-0.2, -0.15) is 5.26 Å². The number of nitriles is 1. The zero-order chi connectivity index (χ0) is 22.1. The molecule has 0 radical (unpaired) electrons. The maximum Gasteiger partial charge on any atom is 0.252 e. The first-order chi connectivity index (χ1) is 14.9. The lowest BCUT2D eigenvalue weighted by molar-refractivity contribution is 0.121. The van der Waals surface area contributed by atoms with Crippen molar-refractivity contribution in [1.82, 2.24) is 9.55 Å². The number of fused-ring (bicyclic) bond motifs is 1. The Hall–Kier alpha value is -3.33. The first-order valence-electron chi connectivity index (χ1n) is 10.8. The normalized spacial score (nSPS) is 18.9. The highest BCUT2D eigenvalue weighted by Gasteiger charge is 2.29. The minimum absolute atomic E-state index is 0.0784. The van der Waals surface area contributed by atoms with Gasteiger partial charge in [-0.25, -0.2) is 4.98 Å². The second kappa shape index (κ2) is 8.43. The van der Waals surface area contributed by atoms with Crippen LogP contribution in [0.15, 0.2) is 47.3 Å². The number of nitrogens with zero attached hydrogens (tertiary/aromatic N) is 4. The number of rotatable bonds is 4. The smallest absolute Gasteiger partial charge is 0.252 e. The maximum absolute atomic E-state index is 12.5. The highest BCUT2D eigenvalue weighted by molar-refractivity contribution is 5.88. The monoisotopic (exact) mass is 416 g/mol. The predicted molar refractivity (Wildman–Crippen MR) is 123 cm³/mol. The van der Waals surface area contributed by atoms with Crippen LogP contribution in [0.4, 0.5) is 5.69 Å². The number of pyridine rings is 2. The minimum atomic E-state index is -0.0784. The van der Waals surface area contributed by atoms with Gasteiger partial charge in [0.15, 0.2) is 0 Å². The topological polar surface area (TPSA) is 71.2 Å². The highest BCUT2D eigenvalue weighted by Crippen LogP contribution is 2.30. The quantitative estimate of drug-likeness (QED) is 0.637. The Kier molecular flexibility index (Phi) is 5.69. The molecule has 3 aromatic rings. The van der Waals surface area contributed by atoms with E-state index in [-0.39, 0.29) is 17.6 Å². The van der Waals surface area contributed by atoms with Crippen LogP contribution >= 0.6 is 0 Å². The molecule has 1 aliphatic heterocycles. The summed E-state index contributed by atoms with van der Waals surface area (Å²) in [7, 11) is 1.73. The Morgan fingerprint density at radius 3 is 2.58 bits per heavy atom. The lowest BCUT2D eigenvalue weighted by atomic mass is 9.95. The van der Waals surface area contributed by atoms with Crippen molar-refractivity contribution in [3.05, 3.63) is 64.1 Å². The Labute approximate surface area is 182 Å². The zero-order valence-corrected chi connectivity index (χ0v) is 18.5. The number of benzene rings is 1. The van der Waals surface area contributed by atoms with Gasteiger partial charge >= 0.3 is 0 Å². The molecular weight excluding hydrogens is 388 g/mol. The molecule has 0 spiro atoms. The first kappa shape index (κ1) is 20.9. The third-order valence-electron chi connectivity index (χ3n) is 6.18. The van der Waals surface area contributed by atoms with E-state index in [1.807, 2.05) is 0 Å². The number of hydrogen-bond acceptors (Lipinski definition) is 5. The minimum Gasteiger partial charge on any atom is -0.490 e. The van der Waals surface area contributed by atoms with Gasteiger partial charge in [-0.15, -0.1) is 0 Å². The van der Waals surface area contributed by atoms with Crippen LogP contribution in [0.1, 0.15) is 44.4 Å². The van der Waals surface area contributed by atoms with Crippen LogP contribution in [0.25, 0.3) is 11.0 Å². The molecule has 0 aliphatic carbocycles. The molecule has 1 aromatic carbocycles. The Morgan fingerprint density at radius 1 is 1.19 bits per heavy atom. The van der Waals surface area contributed by atoms with Gasteiger partial charge in [0.1, 0.15) is 29.1 Å². The van der Waals surface area contributed by atoms with Crippen LogP contribution in [0, 0.1) is 17.2 Å². The van der Waals surface area contributed by atoms with E-state index in [0.29, 0.717) is 17.1 Å². The summed E-state index contributed by atoms with van der Waals surface area (Å²) in [6, 6.07) is 15.5. The third kappa shape index (κ3) is 4.13. The Bertz CT molecular complexity index is 1190. The average Bonchev–Trinajstić information content (AvgIpc) is 2.77. The van der Waals surface area contributed by atoms with Gasteiger partial charge in [-0.3, -0.25) is 4.79 Å². The van der Waals surface area contributed by atoms with E-state index in [2.05, 4.69) is 61.0 Å². The van der Waals surface area contributed by atoms with Crippen LogP contribution < -0.4 is 15.2 Å². The van der Waals surface area contributed by atoms with Gasteiger partial charge in [0.2, 0.25) is 0 Å². The molecule has 0 amide bonds. The summed E-state index contributed by atoms with van der Waals surface area (Å²) in [6.45, 7) is 8.07. The SMILES string of the molecule is CC(C)c1ccc(O[C@H]2CCN(c3cc(=O)n(C)c4ccc(C#N)nc34)C[C@H]2C)cc1. The molecule has 1 aliphatic rings. The van der Waals surface area contributed by atoms with Crippen LogP contribution in [-0.2, 0) is 7.05 Å². The molecule has 0 N–H and O–H groups in total. The standard InChI is InChI=1S/C25H28N4O2/c1-16(2)18-5-8-20(9-6-18)31-23-11-12-29(15-17(23)3)22-13-24(30)28(4)21-10-7-19(14-26)27-25(21)22/h5-10,13,16-17,23H,11-12,15H2,1-4H3/t17-,23+/m1/s1. The molecule has 31 heavy (non-hydrogen) atoms. The molecule has 1 saturated heterocycles. The summed E-state index contributed by atoms with van der Waals surface area (Å²) >= 11 is 0. The molecule has 0 bridgehead atoms. The Morgan fingerprint density at radius 2 is 1.94 bits per heavy atom. The highest BCUT2D eigenvalue weighted by atomic mass is 16.5. The Balaban J connectivity index is 1.56. The van der Waals surface area contributed by atoms with Gasteiger partial charge in [0, 0.05) is 38.5 Å². The molecule has 2 aromatic heterocycles. The van der Waals surface area contributed by atoms with Crippen molar-refractivity contribution >= 4 is 16.7 Å². The largest absolute Gasteiger partial charge is 0.490 e. The predicted octanol–water partition coefficient (Wildman–Crippen LogP) is 4.22. The molecule has 160 valence electrons. The fourth-order valence-corrected chi connectivity index (χ4v) is 4.24. The van der Waals surface area contributed by atoms with Gasteiger partial charge < -0.3 is 14.2 Å². The summed E-state index contributed by atoms with van der Waals surface area (Å²) in [5, 5.41) is 9.28. The molecule has 0 unspecified atom stereocenters. The summed E-state index contributed by atoms with van der Waals surface area (Å²) in [5.41, 5.74) is 3.79. The second-order valence-corrected chi connectivity index (χ2v) is 8.69. The van der Waals surface area contributed by atoms with Gasteiger partial charge in [-0.05, 0) is 35.7 Å². The van der Waals surface area contributed by atoms with Crippen molar-refractivity contribution in [2.45, 2.75) is 39.2 Å². The van der Waals surface area contributed by atoms with Crippen molar-refractivity contribution < 1.29 is 4.74 Å². The van der Waals surface area contributed by atoms with Crippen molar-refractivity contribution in [3.63, 3.8) is 0 Å². The van der Waals surface area contributed by atoms with E-state index in [0.717, 1.165) is 36.5 Å². The first-order valence-corrected chi connectivity index (χ1v) is 10.8. The van der Waals surface area contributed by atoms with Crippen molar-refractivity contribution in [3.8, 4) is 11.8 Å². The van der Waals surface area contributed by atoms with E-state index < -0.39 is 0 Å². The summed E-state index contributed by atoms with van der Waals surface area (Å²) in [6.07, 6.45) is 0.962. The van der Waals surface area contributed by atoms with E-state index in [1.165, 1.54) is 5.56 Å². The molecule has 2 atom stereocenters. The van der Waals surface area contributed by atoms with Crippen LogP contribution in [0.3, 0.4) is 0 Å².